The second-order valence-corrected chi connectivity index (χ2v) is 5.93. The molecule has 1 N–H and O–H groups in total. The van der Waals surface area contributed by atoms with Crippen molar-refractivity contribution in [1.29, 1.82) is 0 Å². The number of thioether (sulfide) groups is 1. The molecule has 4 nitrogen and oxygen atoms in total. The van der Waals surface area contributed by atoms with Crippen molar-refractivity contribution in [2.45, 2.75) is 13.3 Å². The predicted molar refractivity (Wildman–Crippen MR) is 94.5 cm³/mol. The number of carbonyl (C=O) groups excluding carboxylic acids is 1. The molecule has 1 aliphatic rings. The van der Waals surface area contributed by atoms with Crippen molar-refractivity contribution >= 4 is 34.6 Å². The summed E-state index contributed by atoms with van der Waals surface area (Å²) in [6.45, 7) is 2.11. The van der Waals surface area contributed by atoms with Gasteiger partial charge in [-0.1, -0.05) is 25.1 Å². The second kappa shape index (κ2) is 7.15. The van der Waals surface area contributed by atoms with Crippen LogP contribution in [0.3, 0.4) is 0 Å². The van der Waals surface area contributed by atoms with Crippen LogP contribution >= 0.6 is 11.8 Å². The minimum absolute atomic E-state index is 0.136. The normalized spacial score (nSPS) is 18.2. The highest BCUT2D eigenvalue weighted by molar-refractivity contribution is 8.18. The van der Waals surface area contributed by atoms with Crippen LogP contribution in [0, 0.1) is 0 Å². The fraction of sp³-hybridized carbons (Fsp3) is 0.111. The van der Waals surface area contributed by atoms with E-state index in [2.05, 4.69) is 17.2 Å². The lowest BCUT2D eigenvalue weighted by atomic mass is 10.2. The Labute approximate surface area is 139 Å². The highest BCUT2D eigenvalue weighted by Gasteiger charge is 2.22. The number of benzene rings is 1. The molecule has 0 aliphatic carbocycles. The smallest absolute Gasteiger partial charge is 0.264 e. The second-order valence-electron chi connectivity index (χ2n) is 4.90. The minimum atomic E-state index is -0.136. The van der Waals surface area contributed by atoms with Gasteiger partial charge in [0, 0.05) is 0 Å². The van der Waals surface area contributed by atoms with Gasteiger partial charge in [-0.25, -0.2) is 4.99 Å². The third kappa shape index (κ3) is 4.02. The molecule has 1 aromatic heterocycles. The number of hydrogen-bond acceptors (Lipinski definition) is 4. The van der Waals surface area contributed by atoms with Gasteiger partial charge in [0.25, 0.3) is 5.91 Å². The zero-order chi connectivity index (χ0) is 16.1. The predicted octanol–water partition coefficient (Wildman–Crippen LogP) is 4.29. The number of allylic oxidation sites excluding steroid dienone is 2. The van der Waals surface area contributed by atoms with Crippen LogP contribution in [0.4, 0.5) is 5.69 Å². The molecule has 1 aliphatic heterocycles. The Hall–Kier alpha value is -2.53. The Morgan fingerprint density at radius 3 is 2.78 bits per heavy atom. The van der Waals surface area contributed by atoms with E-state index in [1.807, 2.05) is 36.4 Å². The molecule has 1 saturated heterocycles. The Bertz CT molecular complexity index is 772. The number of rotatable bonds is 4. The number of hydrogen-bond donors (Lipinski definition) is 1. The lowest BCUT2D eigenvalue weighted by Crippen LogP contribution is -2.19. The number of aliphatic imine (C=N–C) groups is 1. The molecule has 0 atom stereocenters. The summed E-state index contributed by atoms with van der Waals surface area (Å²) in [7, 11) is 0. The van der Waals surface area contributed by atoms with E-state index in [9.17, 15) is 4.79 Å². The zero-order valence-corrected chi connectivity index (χ0v) is 13.5. The molecular formula is C18H16N2O2S. The van der Waals surface area contributed by atoms with Gasteiger partial charge in [0.1, 0.15) is 5.76 Å². The number of furan rings is 1. The van der Waals surface area contributed by atoms with Gasteiger partial charge in [-0.05, 0) is 60.2 Å². The fourth-order valence-corrected chi connectivity index (χ4v) is 2.83. The van der Waals surface area contributed by atoms with E-state index in [-0.39, 0.29) is 5.91 Å². The van der Waals surface area contributed by atoms with Crippen molar-refractivity contribution in [3.63, 3.8) is 0 Å². The molecule has 0 spiro atoms. The van der Waals surface area contributed by atoms with E-state index >= 15 is 0 Å². The average Bonchev–Trinajstić information content (AvgIpc) is 3.19. The van der Waals surface area contributed by atoms with Crippen molar-refractivity contribution in [2.75, 3.05) is 0 Å². The topological polar surface area (TPSA) is 54.6 Å². The summed E-state index contributed by atoms with van der Waals surface area (Å²) in [4.78, 5) is 17.0. The maximum absolute atomic E-state index is 11.9. The molecule has 0 radical (unpaired) electrons. The van der Waals surface area contributed by atoms with Crippen molar-refractivity contribution in [3.8, 4) is 0 Å². The summed E-state index contributed by atoms with van der Waals surface area (Å²) in [5.41, 5.74) is 2.10. The van der Waals surface area contributed by atoms with Crippen LogP contribution in [0.1, 0.15) is 18.2 Å². The van der Waals surface area contributed by atoms with Gasteiger partial charge in [-0.3, -0.25) is 4.79 Å². The van der Waals surface area contributed by atoms with Gasteiger partial charge in [0.05, 0.1) is 16.9 Å². The summed E-state index contributed by atoms with van der Waals surface area (Å²) in [6.07, 6.45) is 7.96. The molecule has 5 heteroatoms. The standard InChI is InChI=1S/C18H16N2O2S/c1-2-13-8-10-14(11-9-13)19-18-20-17(21)16(23-18)7-3-5-15-6-4-12-22-15/h3-12H,2H2,1H3,(H,19,20,21). The number of amides is 1. The summed E-state index contributed by atoms with van der Waals surface area (Å²) in [5, 5.41) is 3.37. The molecule has 0 bridgehead atoms. The van der Waals surface area contributed by atoms with Crippen LogP contribution in [0.5, 0.6) is 0 Å². The van der Waals surface area contributed by atoms with Crippen molar-refractivity contribution < 1.29 is 9.21 Å². The first-order chi connectivity index (χ1) is 11.2. The molecule has 2 heterocycles. The van der Waals surface area contributed by atoms with E-state index in [4.69, 9.17) is 4.42 Å². The van der Waals surface area contributed by atoms with Crippen molar-refractivity contribution in [2.24, 2.45) is 4.99 Å². The molecule has 0 unspecified atom stereocenters. The van der Waals surface area contributed by atoms with E-state index in [1.54, 1.807) is 24.5 Å². The average molecular weight is 324 g/mol. The monoisotopic (exact) mass is 324 g/mol. The first-order valence-electron chi connectivity index (χ1n) is 7.33. The highest BCUT2D eigenvalue weighted by Crippen LogP contribution is 2.26. The van der Waals surface area contributed by atoms with E-state index in [0.717, 1.165) is 17.9 Å². The molecule has 0 saturated carbocycles. The maximum Gasteiger partial charge on any atom is 0.264 e. The quantitative estimate of drug-likeness (QED) is 0.854. The summed E-state index contributed by atoms with van der Waals surface area (Å²) >= 11 is 1.33. The first kappa shape index (κ1) is 15.4. The number of carbonyl (C=O) groups is 1. The third-order valence-electron chi connectivity index (χ3n) is 3.28. The summed E-state index contributed by atoms with van der Waals surface area (Å²) in [5.74, 6) is 0.609. The fourth-order valence-electron chi connectivity index (χ4n) is 2.04. The molecule has 1 aromatic carbocycles. The van der Waals surface area contributed by atoms with Gasteiger partial charge >= 0.3 is 0 Å². The Kier molecular flexibility index (Phi) is 4.78. The SMILES string of the molecule is CCc1ccc(N=C2NC(=O)C(=CC=Cc3ccco3)S2)cc1. The Morgan fingerprint density at radius 1 is 1.26 bits per heavy atom. The number of aryl methyl sites for hydroxylation is 1. The zero-order valence-electron chi connectivity index (χ0n) is 12.7. The third-order valence-corrected chi connectivity index (χ3v) is 4.21. The number of amidine groups is 1. The highest BCUT2D eigenvalue weighted by atomic mass is 32.2. The Balaban J connectivity index is 1.69. The van der Waals surface area contributed by atoms with Gasteiger partial charge in [-0.15, -0.1) is 0 Å². The van der Waals surface area contributed by atoms with Gasteiger partial charge in [0.2, 0.25) is 0 Å². The largest absolute Gasteiger partial charge is 0.465 e. The molecule has 2 aromatic rings. The van der Waals surface area contributed by atoms with E-state index < -0.39 is 0 Å². The summed E-state index contributed by atoms with van der Waals surface area (Å²) in [6, 6.07) is 11.7. The van der Waals surface area contributed by atoms with Crippen LogP contribution in [0.2, 0.25) is 0 Å². The van der Waals surface area contributed by atoms with Gasteiger partial charge in [0.15, 0.2) is 5.17 Å². The lowest BCUT2D eigenvalue weighted by Gasteiger charge is -1.98. The van der Waals surface area contributed by atoms with E-state index in [1.165, 1.54) is 17.3 Å². The first-order valence-corrected chi connectivity index (χ1v) is 8.15. The number of nitrogens with one attached hydrogen (secondary N) is 1. The molecule has 3 rings (SSSR count). The lowest BCUT2D eigenvalue weighted by molar-refractivity contribution is -0.115. The van der Waals surface area contributed by atoms with Crippen LogP contribution in [0.25, 0.3) is 6.08 Å². The van der Waals surface area contributed by atoms with Crippen LogP contribution in [-0.2, 0) is 11.2 Å². The van der Waals surface area contributed by atoms with Gasteiger partial charge in [-0.2, -0.15) is 0 Å². The molecule has 116 valence electrons. The number of nitrogens with zero attached hydrogens (tertiary/aromatic N) is 1. The molecule has 1 fully saturated rings. The van der Waals surface area contributed by atoms with E-state index in [0.29, 0.717) is 10.1 Å². The van der Waals surface area contributed by atoms with Crippen molar-refractivity contribution in [3.05, 3.63) is 71.0 Å². The maximum atomic E-state index is 11.9. The van der Waals surface area contributed by atoms with Crippen LogP contribution in [0.15, 0.2) is 69.1 Å². The molecule has 1 amide bonds. The molecule has 23 heavy (non-hydrogen) atoms. The minimum Gasteiger partial charge on any atom is -0.465 e. The van der Waals surface area contributed by atoms with Crippen LogP contribution < -0.4 is 5.32 Å². The molecular weight excluding hydrogens is 308 g/mol. The summed E-state index contributed by atoms with van der Waals surface area (Å²) < 4.78 is 5.20. The Morgan fingerprint density at radius 2 is 2.09 bits per heavy atom. The van der Waals surface area contributed by atoms with Gasteiger partial charge < -0.3 is 9.73 Å². The van der Waals surface area contributed by atoms with Crippen LogP contribution in [-0.4, -0.2) is 11.1 Å². The van der Waals surface area contributed by atoms with Crippen molar-refractivity contribution in [1.82, 2.24) is 5.32 Å².